The molecular weight excluding hydrogens is 216 g/mol. The third-order valence-electron chi connectivity index (χ3n) is 3.59. The van der Waals surface area contributed by atoms with Gasteiger partial charge in [0.2, 0.25) is 0 Å². The number of aliphatic hydroxyl groups is 1. The molecule has 1 aromatic rings. The van der Waals surface area contributed by atoms with Gasteiger partial charge in [0.1, 0.15) is 0 Å². The average Bonchev–Trinajstić information content (AvgIpc) is 2.56. The number of hydrogen-bond acceptors (Lipinski definition) is 3. The lowest BCUT2D eigenvalue weighted by Gasteiger charge is -2.36. The van der Waals surface area contributed by atoms with Crippen molar-refractivity contribution in [1.29, 1.82) is 0 Å². The quantitative estimate of drug-likeness (QED) is 0.870. The molecule has 2 rings (SSSR count). The van der Waals surface area contributed by atoms with E-state index in [2.05, 4.69) is 12.0 Å². The minimum Gasteiger partial charge on any atom is -0.389 e. The predicted octanol–water partition coefficient (Wildman–Crippen LogP) is 1.59. The molecule has 4 nitrogen and oxygen atoms in total. The topological polar surface area (TPSA) is 47.3 Å². The van der Waals surface area contributed by atoms with E-state index < -0.39 is 5.60 Å². The molecule has 0 amide bonds. The molecule has 1 aromatic heterocycles. The highest BCUT2D eigenvalue weighted by atomic mass is 16.5. The number of aryl methyl sites for hydroxylation is 2. The van der Waals surface area contributed by atoms with Crippen LogP contribution in [0.5, 0.6) is 0 Å². The Bertz CT molecular complexity index is 389. The van der Waals surface area contributed by atoms with E-state index in [4.69, 9.17) is 4.74 Å². The van der Waals surface area contributed by atoms with Gasteiger partial charge in [-0.05, 0) is 25.8 Å². The summed E-state index contributed by atoms with van der Waals surface area (Å²) >= 11 is 0. The molecule has 2 unspecified atom stereocenters. The molecule has 0 saturated carbocycles. The van der Waals surface area contributed by atoms with Crippen molar-refractivity contribution in [2.75, 3.05) is 6.61 Å². The Morgan fingerprint density at radius 1 is 1.65 bits per heavy atom. The predicted molar refractivity (Wildman–Crippen MR) is 65.9 cm³/mol. The van der Waals surface area contributed by atoms with Crippen LogP contribution < -0.4 is 0 Å². The van der Waals surface area contributed by atoms with Crippen LogP contribution in [0, 0.1) is 6.92 Å². The Hall–Kier alpha value is -0.870. The molecule has 0 radical (unpaired) electrons. The van der Waals surface area contributed by atoms with E-state index in [1.807, 2.05) is 24.7 Å². The van der Waals surface area contributed by atoms with Crippen LogP contribution in [0.1, 0.15) is 37.6 Å². The van der Waals surface area contributed by atoms with Crippen LogP contribution in [-0.2, 0) is 18.2 Å². The van der Waals surface area contributed by atoms with Crippen LogP contribution in [0.4, 0.5) is 0 Å². The maximum absolute atomic E-state index is 10.6. The van der Waals surface area contributed by atoms with Crippen molar-refractivity contribution >= 4 is 0 Å². The van der Waals surface area contributed by atoms with E-state index in [0.29, 0.717) is 19.4 Å². The maximum atomic E-state index is 10.6. The molecule has 1 aliphatic heterocycles. The van der Waals surface area contributed by atoms with Gasteiger partial charge in [0.25, 0.3) is 0 Å². The van der Waals surface area contributed by atoms with Crippen molar-refractivity contribution in [3.05, 3.63) is 17.5 Å². The van der Waals surface area contributed by atoms with E-state index in [1.165, 1.54) is 0 Å². The summed E-state index contributed by atoms with van der Waals surface area (Å²) < 4.78 is 7.48. The molecule has 1 N–H and O–H groups in total. The van der Waals surface area contributed by atoms with Crippen LogP contribution in [0.3, 0.4) is 0 Å². The molecule has 4 heteroatoms. The van der Waals surface area contributed by atoms with E-state index in [0.717, 1.165) is 24.2 Å². The largest absolute Gasteiger partial charge is 0.389 e. The molecule has 0 aromatic carbocycles. The fraction of sp³-hybridized carbons (Fsp3) is 0.769. The van der Waals surface area contributed by atoms with Crippen molar-refractivity contribution in [2.24, 2.45) is 7.05 Å². The molecule has 1 aliphatic rings. The molecule has 17 heavy (non-hydrogen) atoms. The molecular formula is C13H22N2O2. The normalized spacial score (nSPS) is 29.5. The first-order chi connectivity index (χ1) is 8.02. The number of rotatable bonds is 3. The van der Waals surface area contributed by atoms with E-state index in [1.54, 1.807) is 0 Å². The van der Waals surface area contributed by atoms with Crippen LogP contribution in [0.25, 0.3) is 0 Å². The number of nitrogens with zero attached hydrogens (tertiary/aromatic N) is 2. The van der Waals surface area contributed by atoms with Gasteiger partial charge in [0.15, 0.2) is 0 Å². The van der Waals surface area contributed by atoms with E-state index >= 15 is 0 Å². The second-order valence-electron chi connectivity index (χ2n) is 5.16. The minimum absolute atomic E-state index is 0.197. The lowest BCUT2D eigenvalue weighted by molar-refractivity contribution is -0.104. The standard InChI is InChI=1S/C13H22N2O2/c1-4-12-9-13(16,5-6-17-12)8-11-7-10(2)14-15(11)3/h7,12,16H,4-6,8-9H2,1-3H3. The van der Waals surface area contributed by atoms with Gasteiger partial charge in [-0.25, -0.2) is 0 Å². The second kappa shape index (κ2) is 4.78. The summed E-state index contributed by atoms with van der Waals surface area (Å²) in [5, 5.41) is 15.0. The fourth-order valence-corrected chi connectivity index (χ4v) is 2.59. The summed E-state index contributed by atoms with van der Waals surface area (Å²) in [5.74, 6) is 0. The van der Waals surface area contributed by atoms with Crippen molar-refractivity contribution in [3.63, 3.8) is 0 Å². The monoisotopic (exact) mass is 238 g/mol. The van der Waals surface area contributed by atoms with Gasteiger partial charge in [-0.1, -0.05) is 6.92 Å². The molecule has 96 valence electrons. The van der Waals surface area contributed by atoms with Crippen LogP contribution >= 0.6 is 0 Å². The number of ether oxygens (including phenoxy) is 1. The summed E-state index contributed by atoms with van der Waals surface area (Å²) in [7, 11) is 1.93. The first kappa shape index (κ1) is 12.6. The Morgan fingerprint density at radius 3 is 3.00 bits per heavy atom. The Labute approximate surface area is 103 Å². The van der Waals surface area contributed by atoms with Crippen LogP contribution in [0.2, 0.25) is 0 Å². The zero-order valence-corrected chi connectivity index (χ0v) is 10.9. The minimum atomic E-state index is -0.626. The van der Waals surface area contributed by atoms with Gasteiger partial charge >= 0.3 is 0 Å². The number of hydrogen-bond donors (Lipinski definition) is 1. The highest BCUT2D eigenvalue weighted by Crippen LogP contribution is 2.29. The Morgan fingerprint density at radius 2 is 2.41 bits per heavy atom. The lowest BCUT2D eigenvalue weighted by Crippen LogP contribution is -2.42. The third kappa shape index (κ3) is 2.87. The SMILES string of the molecule is CCC1CC(O)(Cc2cc(C)nn2C)CCO1. The summed E-state index contributed by atoms with van der Waals surface area (Å²) in [4.78, 5) is 0. The van der Waals surface area contributed by atoms with E-state index in [9.17, 15) is 5.11 Å². The highest BCUT2D eigenvalue weighted by molar-refractivity contribution is 5.12. The molecule has 0 bridgehead atoms. The summed E-state index contributed by atoms with van der Waals surface area (Å²) in [6, 6.07) is 2.05. The molecule has 1 saturated heterocycles. The smallest absolute Gasteiger partial charge is 0.0749 e. The Kier molecular flexibility index (Phi) is 3.54. The second-order valence-corrected chi connectivity index (χ2v) is 5.16. The average molecular weight is 238 g/mol. The zero-order valence-electron chi connectivity index (χ0n) is 10.9. The van der Waals surface area contributed by atoms with Crippen molar-refractivity contribution in [2.45, 2.75) is 51.2 Å². The molecule has 0 aliphatic carbocycles. The van der Waals surface area contributed by atoms with Crippen LogP contribution in [0.15, 0.2) is 6.07 Å². The fourth-order valence-electron chi connectivity index (χ4n) is 2.59. The lowest BCUT2D eigenvalue weighted by atomic mass is 9.85. The molecule has 2 heterocycles. The van der Waals surface area contributed by atoms with Crippen molar-refractivity contribution in [3.8, 4) is 0 Å². The summed E-state index contributed by atoms with van der Waals surface area (Å²) in [5.41, 5.74) is 1.48. The first-order valence-electron chi connectivity index (χ1n) is 6.36. The molecule has 1 fully saturated rings. The molecule has 2 atom stereocenters. The zero-order chi connectivity index (χ0) is 12.5. The van der Waals surface area contributed by atoms with Gasteiger partial charge in [0.05, 0.1) is 17.4 Å². The highest BCUT2D eigenvalue weighted by Gasteiger charge is 2.35. The van der Waals surface area contributed by atoms with Gasteiger partial charge in [-0.15, -0.1) is 0 Å². The maximum Gasteiger partial charge on any atom is 0.0749 e. The summed E-state index contributed by atoms with van der Waals surface area (Å²) in [6.45, 7) is 4.74. The van der Waals surface area contributed by atoms with Gasteiger partial charge in [-0.3, -0.25) is 4.68 Å². The van der Waals surface area contributed by atoms with Crippen molar-refractivity contribution in [1.82, 2.24) is 9.78 Å². The summed E-state index contributed by atoms with van der Waals surface area (Å²) in [6.07, 6.45) is 3.28. The third-order valence-corrected chi connectivity index (χ3v) is 3.59. The van der Waals surface area contributed by atoms with Gasteiger partial charge in [0, 0.05) is 32.2 Å². The van der Waals surface area contributed by atoms with Crippen molar-refractivity contribution < 1.29 is 9.84 Å². The number of aromatic nitrogens is 2. The first-order valence-corrected chi connectivity index (χ1v) is 6.36. The van der Waals surface area contributed by atoms with Gasteiger partial charge in [-0.2, -0.15) is 5.10 Å². The molecule has 0 spiro atoms. The Balaban J connectivity index is 2.08. The van der Waals surface area contributed by atoms with Gasteiger partial charge < -0.3 is 9.84 Å². The van der Waals surface area contributed by atoms with E-state index in [-0.39, 0.29) is 6.10 Å². The van der Waals surface area contributed by atoms with Crippen LogP contribution in [-0.4, -0.2) is 33.2 Å².